The summed E-state index contributed by atoms with van der Waals surface area (Å²) in [5.41, 5.74) is 0. The summed E-state index contributed by atoms with van der Waals surface area (Å²) >= 11 is 4.34. The Hall–Kier alpha value is 0.104. The van der Waals surface area contributed by atoms with Crippen LogP contribution in [0.5, 0.6) is 0 Å². The van der Waals surface area contributed by atoms with Crippen molar-refractivity contribution in [3.05, 3.63) is 12.2 Å². The first-order valence-corrected chi connectivity index (χ1v) is 3.53. The van der Waals surface area contributed by atoms with Crippen molar-refractivity contribution in [1.82, 2.24) is 0 Å². The van der Waals surface area contributed by atoms with Crippen molar-refractivity contribution in [1.29, 1.82) is 0 Å². The van der Waals surface area contributed by atoms with E-state index in [-0.39, 0.29) is 0 Å². The molecule has 0 bridgehead atoms. The zero-order valence-corrected chi connectivity index (χ0v) is 6.16. The predicted molar refractivity (Wildman–Crippen MR) is 34.7 cm³/mol. The summed E-state index contributed by atoms with van der Waals surface area (Å²) in [6.07, 6.45) is 7.79. The molecule has 0 aliphatic heterocycles. The molecule has 0 aliphatic rings. The van der Waals surface area contributed by atoms with Crippen LogP contribution in [0.1, 0.15) is 26.2 Å². The van der Waals surface area contributed by atoms with Gasteiger partial charge in [0.1, 0.15) is 0 Å². The van der Waals surface area contributed by atoms with Crippen molar-refractivity contribution in [3.8, 4) is 0 Å². The van der Waals surface area contributed by atoms with Crippen LogP contribution in [0.15, 0.2) is 12.2 Å². The van der Waals surface area contributed by atoms with E-state index in [0.717, 1.165) is 0 Å². The van der Waals surface area contributed by atoms with E-state index in [1.54, 1.807) is 4.99 Å². The molecule has 0 heterocycles. The van der Waals surface area contributed by atoms with E-state index in [1.807, 2.05) is 6.08 Å². The summed E-state index contributed by atoms with van der Waals surface area (Å²) in [5.74, 6) is 0. The van der Waals surface area contributed by atoms with Gasteiger partial charge in [-0.1, -0.05) is 0 Å². The normalized spacial score (nSPS) is 10.4. The Bertz CT molecular complexity index is 74.5. The maximum atomic E-state index is 4.34. The molecule has 50 valence electrons. The van der Waals surface area contributed by atoms with Gasteiger partial charge >= 0.3 is 58.4 Å². The molecule has 0 spiro atoms. The van der Waals surface area contributed by atoms with Crippen LogP contribution in [0, 0.1) is 0 Å². The molecule has 0 unspecified atom stereocenters. The Balaban J connectivity index is 2.91. The van der Waals surface area contributed by atoms with E-state index >= 15 is 0 Å². The SMILES string of the molecule is CCCC/C=C\[CH]=[Ni]. The predicted octanol–water partition coefficient (Wildman–Crippen LogP) is 2.08. The van der Waals surface area contributed by atoms with Crippen LogP contribution in [-0.4, -0.2) is 4.99 Å². The zero-order chi connectivity index (χ0) is 6.24. The summed E-state index contributed by atoms with van der Waals surface area (Å²) in [6.45, 7) is 2.19. The van der Waals surface area contributed by atoms with Gasteiger partial charge in [-0.05, 0) is 0 Å². The van der Waals surface area contributed by atoms with Crippen LogP contribution in [0.4, 0.5) is 0 Å². The van der Waals surface area contributed by atoms with E-state index in [1.165, 1.54) is 19.3 Å². The summed E-state index contributed by atoms with van der Waals surface area (Å²) in [4.78, 5) is 1.69. The van der Waals surface area contributed by atoms with Gasteiger partial charge in [0.25, 0.3) is 0 Å². The Morgan fingerprint density at radius 2 is 2.25 bits per heavy atom. The zero-order valence-electron chi connectivity index (χ0n) is 5.17. The Kier molecular flexibility index (Phi) is 7.20. The van der Waals surface area contributed by atoms with Gasteiger partial charge in [0.15, 0.2) is 0 Å². The van der Waals surface area contributed by atoms with Crippen molar-refractivity contribution in [3.63, 3.8) is 0 Å². The molecule has 0 aromatic rings. The second kappa shape index (κ2) is 7.10. The molecule has 0 N–H and O–H groups in total. The standard InChI is InChI=1S/C7H12.Ni/c1-3-5-7-6-4-2;/h1,3,5H,4,6-7H2,2H3;/b5-3-;. The van der Waals surface area contributed by atoms with Gasteiger partial charge in [-0.2, -0.15) is 0 Å². The molecule has 0 saturated carbocycles. The van der Waals surface area contributed by atoms with Crippen molar-refractivity contribution in [2.75, 3.05) is 0 Å². The van der Waals surface area contributed by atoms with Crippen molar-refractivity contribution in [2.24, 2.45) is 0 Å². The second-order valence-electron chi connectivity index (χ2n) is 1.68. The minimum atomic E-state index is 1.18. The van der Waals surface area contributed by atoms with Gasteiger partial charge < -0.3 is 0 Å². The number of hydrogen-bond donors (Lipinski definition) is 0. The van der Waals surface area contributed by atoms with E-state index in [4.69, 9.17) is 0 Å². The monoisotopic (exact) mass is 154 g/mol. The Labute approximate surface area is 58.9 Å². The quantitative estimate of drug-likeness (QED) is 0.430. The molecule has 0 aliphatic carbocycles. The molecule has 0 nitrogen and oxygen atoms in total. The fourth-order valence-electron chi connectivity index (χ4n) is 0.461. The van der Waals surface area contributed by atoms with E-state index in [2.05, 4.69) is 28.0 Å². The van der Waals surface area contributed by atoms with Gasteiger partial charge in [-0.3, -0.25) is 0 Å². The third-order valence-corrected chi connectivity index (χ3v) is 1.11. The number of unbranched alkanes of at least 4 members (excludes halogenated alkanes) is 2. The minimum absolute atomic E-state index is 1.18. The van der Waals surface area contributed by atoms with E-state index in [0.29, 0.717) is 0 Å². The molecule has 0 aromatic carbocycles. The molecule has 0 amide bonds. The molecule has 8 heavy (non-hydrogen) atoms. The topological polar surface area (TPSA) is 0 Å². The first-order chi connectivity index (χ1) is 3.91. The van der Waals surface area contributed by atoms with Gasteiger partial charge in [-0.25, -0.2) is 0 Å². The first kappa shape index (κ1) is 8.10. The molecule has 0 atom stereocenters. The van der Waals surface area contributed by atoms with Crippen LogP contribution >= 0.6 is 0 Å². The van der Waals surface area contributed by atoms with Gasteiger partial charge in [0.2, 0.25) is 0 Å². The summed E-state index contributed by atoms with van der Waals surface area (Å²) in [6, 6.07) is 0. The molecule has 0 radical (unpaired) electrons. The molecule has 1 heteroatoms. The van der Waals surface area contributed by atoms with Gasteiger partial charge in [-0.15, -0.1) is 0 Å². The van der Waals surface area contributed by atoms with Crippen molar-refractivity contribution >= 4 is 4.99 Å². The van der Waals surface area contributed by atoms with Crippen molar-refractivity contribution in [2.45, 2.75) is 26.2 Å². The molecule has 0 saturated heterocycles. The van der Waals surface area contributed by atoms with E-state index < -0.39 is 0 Å². The van der Waals surface area contributed by atoms with Gasteiger partial charge in [0.05, 0.1) is 0 Å². The van der Waals surface area contributed by atoms with E-state index in [9.17, 15) is 0 Å². The summed E-state index contributed by atoms with van der Waals surface area (Å²) < 4.78 is 0. The second-order valence-corrected chi connectivity index (χ2v) is 2.00. The van der Waals surface area contributed by atoms with Crippen LogP contribution in [0.25, 0.3) is 0 Å². The fraction of sp³-hybridized carbons (Fsp3) is 0.571. The number of allylic oxidation sites excluding steroid dienone is 2. The van der Waals surface area contributed by atoms with Crippen LogP contribution < -0.4 is 0 Å². The third-order valence-electron chi connectivity index (χ3n) is 0.921. The number of hydrogen-bond acceptors (Lipinski definition) is 0. The van der Waals surface area contributed by atoms with Crippen LogP contribution in [0.2, 0.25) is 0 Å². The maximum absolute atomic E-state index is 4.34. The summed E-state index contributed by atoms with van der Waals surface area (Å²) in [5, 5.41) is 0. The molecular formula is C7H12Ni. The molecular weight excluding hydrogens is 143 g/mol. The van der Waals surface area contributed by atoms with Crippen LogP contribution in [0.3, 0.4) is 0 Å². The average molecular weight is 155 g/mol. The fourth-order valence-corrected chi connectivity index (χ4v) is 0.596. The van der Waals surface area contributed by atoms with Crippen molar-refractivity contribution < 1.29 is 15.0 Å². The third kappa shape index (κ3) is 6.10. The molecule has 0 rings (SSSR count). The average Bonchev–Trinajstić information content (AvgIpc) is 1.81. The number of rotatable bonds is 4. The molecule has 0 fully saturated rings. The molecule has 0 aromatic heterocycles. The van der Waals surface area contributed by atoms with Crippen LogP contribution in [-0.2, 0) is 15.0 Å². The first-order valence-electron chi connectivity index (χ1n) is 2.96. The Morgan fingerprint density at radius 1 is 1.50 bits per heavy atom. The van der Waals surface area contributed by atoms with Gasteiger partial charge in [0, 0.05) is 0 Å². The Morgan fingerprint density at radius 3 is 2.75 bits per heavy atom. The summed E-state index contributed by atoms with van der Waals surface area (Å²) in [7, 11) is 0.